The fourth-order valence-electron chi connectivity index (χ4n) is 2.23. The zero-order valence-corrected chi connectivity index (χ0v) is 9.24. The van der Waals surface area contributed by atoms with Gasteiger partial charge in [-0.2, -0.15) is 0 Å². The summed E-state index contributed by atoms with van der Waals surface area (Å²) in [5, 5.41) is 1.46. The Kier molecular flexibility index (Phi) is 2.80. The monoisotopic (exact) mass is 210 g/mol. The van der Waals surface area contributed by atoms with Crippen molar-refractivity contribution in [1.82, 2.24) is 9.96 Å². The van der Waals surface area contributed by atoms with E-state index in [9.17, 15) is 4.79 Å². The molecule has 0 saturated carbocycles. The molecule has 0 aliphatic carbocycles. The Bertz CT molecular complexity index is 270. The van der Waals surface area contributed by atoms with Crippen LogP contribution in [0.4, 0.5) is 0 Å². The van der Waals surface area contributed by atoms with Crippen LogP contribution in [0.5, 0.6) is 0 Å². The van der Waals surface area contributed by atoms with Gasteiger partial charge in [0.05, 0.1) is 13.0 Å². The average molecular weight is 210 g/mol. The summed E-state index contributed by atoms with van der Waals surface area (Å²) in [4.78, 5) is 19.7. The second-order valence-corrected chi connectivity index (χ2v) is 4.50. The molecule has 4 nitrogen and oxygen atoms in total. The number of hydrogen-bond acceptors (Lipinski definition) is 3. The number of hydroxylamine groups is 2. The molecule has 1 spiro atoms. The van der Waals surface area contributed by atoms with Gasteiger partial charge in [-0.1, -0.05) is 6.08 Å². The Morgan fingerprint density at radius 3 is 2.80 bits per heavy atom. The standard InChI is InChI=1S/C11H18N2O2/c1-3-6-13-10(14)9-11(15-13)4-7-12(2)8-5-11/h3H,1,4-9H2,2H3. The lowest BCUT2D eigenvalue weighted by Crippen LogP contribution is -2.43. The van der Waals surface area contributed by atoms with Gasteiger partial charge in [0.25, 0.3) is 0 Å². The predicted octanol–water partition coefficient (Wildman–Crippen LogP) is 0.801. The van der Waals surface area contributed by atoms with Gasteiger partial charge in [0.15, 0.2) is 0 Å². The van der Waals surface area contributed by atoms with Crippen LogP contribution in [0.2, 0.25) is 0 Å². The van der Waals surface area contributed by atoms with Gasteiger partial charge in [-0.05, 0) is 19.9 Å². The van der Waals surface area contributed by atoms with Gasteiger partial charge in [-0.25, -0.2) is 5.06 Å². The van der Waals surface area contributed by atoms with Gasteiger partial charge in [0.1, 0.15) is 5.60 Å². The molecular formula is C11H18N2O2. The highest BCUT2D eigenvalue weighted by Crippen LogP contribution is 2.35. The molecule has 0 unspecified atom stereocenters. The Morgan fingerprint density at radius 2 is 2.20 bits per heavy atom. The molecule has 2 heterocycles. The normalized spacial score (nSPS) is 26.2. The summed E-state index contributed by atoms with van der Waals surface area (Å²) < 4.78 is 0. The van der Waals surface area contributed by atoms with Gasteiger partial charge in [0, 0.05) is 13.1 Å². The zero-order chi connectivity index (χ0) is 10.9. The lowest BCUT2D eigenvalue weighted by molar-refractivity contribution is -0.205. The third-order valence-electron chi connectivity index (χ3n) is 3.25. The minimum Gasteiger partial charge on any atom is -0.306 e. The van der Waals surface area contributed by atoms with Gasteiger partial charge >= 0.3 is 0 Å². The van der Waals surface area contributed by atoms with Crippen LogP contribution in [0.3, 0.4) is 0 Å². The number of carbonyl (C=O) groups excluding carboxylic acids is 1. The minimum absolute atomic E-state index is 0.0967. The zero-order valence-electron chi connectivity index (χ0n) is 9.24. The van der Waals surface area contributed by atoms with Crippen molar-refractivity contribution in [3.63, 3.8) is 0 Å². The third kappa shape index (κ3) is 2.06. The van der Waals surface area contributed by atoms with Crippen LogP contribution in [0, 0.1) is 0 Å². The molecule has 4 heteroatoms. The Balaban J connectivity index is 2.00. The SMILES string of the molecule is C=CCN1OC2(CCN(C)CC2)CC1=O. The van der Waals surface area contributed by atoms with Crippen LogP contribution in [-0.2, 0) is 9.63 Å². The summed E-state index contributed by atoms with van der Waals surface area (Å²) in [6.45, 7) is 6.14. The van der Waals surface area contributed by atoms with Crippen molar-refractivity contribution in [3.05, 3.63) is 12.7 Å². The highest BCUT2D eigenvalue weighted by Gasteiger charge is 2.45. The molecule has 0 aromatic rings. The van der Waals surface area contributed by atoms with E-state index in [0.29, 0.717) is 13.0 Å². The Labute approximate surface area is 90.4 Å². The highest BCUT2D eigenvalue weighted by atomic mass is 16.7. The van der Waals surface area contributed by atoms with Crippen molar-refractivity contribution in [2.45, 2.75) is 24.9 Å². The largest absolute Gasteiger partial charge is 0.306 e. The maximum absolute atomic E-state index is 11.7. The van der Waals surface area contributed by atoms with Crippen molar-refractivity contribution < 1.29 is 9.63 Å². The molecule has 0 aromatic carbocycles. The first-order valence-corrected chi connectivity index (χ1v) is 5.44. The van der Waals surface area contributed by atoms with Crippen LogP contribution < -0.4 is 0 Å². The number of carbonyl (C=O) groups is 1. The summed E-state index contributed by atoms with van der Waals surface area (Å²) >= 11 is 0. The second-order valence-electron chi connectivity index (χ2n) is 4.50. The molecular weight excluding hydrogens is 192 g/mol. The number of hydrogen-bond donors (Lipinski definition) is 0. The van der Waals surface area contributed by atoms with E-state index in [1.807, 2.05) is 0 Å². The van der Waals surface area contributed by atoms with Gasteiger partial charge < -0.3 is 4.90 Å². The van der Waals surface area contributed by atoms with Gasteiger partial charge in [-0.15, -0.1) is 6.58 Å². The van der Waals surface area contributed by atoms with E-state index in [0.717, 1.165) is 25.9 Å². The number of nitrogens with zero attached hydrogens (tertiary/aromatic N) is 2. The molecule has 0 aromatic heterocycles. The van der Waals surface area contributed by atoms with E-state index in [-0.39, 0.29) is 11.5 Å². The molecule has 0 N–H and O–H groups in total. The van der Waals surface area contributed by atoms with E-state index in [4.69, 9.17) is 4.84 Å². The van der Waals surface area contributed by atoms with Crippen molar-refractivity contribution >= 4 is 5.91 Å². The van der Waals surface area contributed by atoms with Crippen molar-refractivity contribution in [2.75, 3.05) is 26.7 Å². The van der Waals surface area contributed by atoms with Crippen LogP contribution in [0.25, 0.3) is 0 Å². The molecule has 2 aliphatic heterocycles. The molecule has 1 amide bonds. The smallest absolute Gasteiger partial charge is 0.249 e. The van der Waals surface area contributed by atoms with Gasteiger partial charge in [-0.3, -0.25) is 9.63 Å². The van der Waals surface area contributed by atoms with Gasteiger partial charge in [0.2, 0.25) is 5.91 Å². The lowest BCUT2D eigenvalue weighted by atomic mass is 9.89. The fourth-order valence-corrected chi connectivity index (χ4v) is 2.23. The minimum atomic E-state index is -0.216. The summed E-state index contributed by atoms with van der Waals surface area (Å²) in [6, 6.07) is 0. The third-order valence-corrected chi connectivity index (χ3v) is 3.25. The first-order valence-electron chi connectivity index (χ1n) is 5.44. The van der Waals surface area contributed by atoms with Crippen LogP contribution in [-0.4, -0.2) is 48.2 Å². The van der Waals surface area contributed by atoms with E-state index in [1.54, 1.807) is 6.08 Å². The summed E-state index contributed by atoms with van der Waals surface area (Å²) in [7, 11) is 2.10. The van der Waals surface area contributed by atoms with Crippen molar-refractivity contribution in [1.29, 1.82) is 0 Å². The van der Waals surface area contributed by atoms with Crippen LogP contribution in [0.1, 0.15) is 19.3 Å². The number of likely N-dealkylation sites (tertiary alicyclic amines) is 1. The highest BCUT2D eigenvalue weighted by molar-refractivity contribution is 5.78. The van der Waals surface area contributed by atoms with Crippen LogP contribution >= 0.6 is 0 Å². The quantitative estimate of drug-likeness (QED) is 0.632. The number of amides is 1. The Hall–Kier alpha value is -0.870. The average Bonchev–Trinajstić information content (AvgIpc) is 2.50. The lowest BCUT2D eigenvalue weighted by Gasteiger charge is -2.35. The first kappa shape index (κ1) is 10.6. The van der Waals surface area contributed by atoms with Crippen molar-refractivity contribution in [3.8, 4) is 0 Å². The maximum Gasteiger partial charge on any atom is 0.249 e. The number of rotatable bonds is 2. The first-order chi connectivity index (χ1) is 7.15. The van der Waals surface area contributed by atoms with Crippen molar-refractivity contribution in [2.24, 2.45) is 0 Å². The predicted molar refractivity (Wildman–Crippen MR) is 57.1 cm³/mol. The van der Waals surface area contributed by atoms with E-state index < -0.39 is 0 Å². The second kappa shape index (κ2) is 3.94. The molecule has 2 fully saturated rings. The van der Waals surface area contributed by atoms with Crippen LogP contribution in [0.15, 0.2) is 12.7 Å². The molecule has 84 valence electrons. The topological polar surface area (TPSA) is 32.8 Å². The maximum atomic E-state index is 11.7. The fraction of sp³-hybridized carbons (Fsp3) is 0.727. The molecule has 2 aliphatic rings. The Morgan fingerprint density at radius 1 is 1.53 bits per heavy atom. The summed E-state index contributed by atoms with van der Waals surface area (Å²) in [5.74, 6) is 0.0967. The molecule has 2 saturated heterocycles. The van der Waals surface area contributed by atoms with E-state index in [1.165, 1.54) is 5.06 Å². The van der Waals surface area contributed by atoms with E-state index in [2.05, 4.69) is 18.5 Å². The molecule has 0 radical (unpaired) electrons. The van der Waals surface area contributed by atoms with E-state index >= 15 is 0 Å². The molecule has 0 atom stereocenters. The molecule has 0 bridgehead atoms. The number of piperidine rings is 1. The summed E-state index contributed by atoms with van der Waals surface area (Å²) in [6.07, 6.45) is 4.13. The summed E-state index contributed by atoms with van der Waals surface area (Å²) in [5.41, 5.74) is -0.216. The molecule has 2 rings (SSSR count). The molecule has 15 heavy (non-hydrogen) atoms.